The fraction of sp³-hybridized carbons (Fsp3) is 0.286. The number of hydrogen-bond donors (Lipinski definition) is 0. The molecule has 0 aliphatic carbocycles. The summed E-state index contributed by atoms with van der Waals surface area (Å²) in [5.41, 5.74) is 3.74. The van der Waals surface area contributed by atoms with Crippen LogP contribution in [0.25, 0.3) is 0 Å². The van der Waals surface area contributed by atoms with Gasteiger partial charge in [-0.3, -0.25) is 4.90 Å². The van der Waals surface area contributed by atoms with E-state index in [0.29, 0.717) is 17.1 Å². The zero-order chi connectivity index (χ0) is 18.1. The van der Waals surface area contributed by atoms with Crippen LogP contribution in [0.1, 0.15) is 28.3 Å². The second kappa shape index (κ2) is 6.63. The third-order valence-corrected chi connectivity index (χ3v) is 4.76. The zero-order valence-electron chi connectivity index (χ0n) is 14.7. The second-order valence-corrected chi connectivity index (χ2v) is 6.31. The molecule has 2 aliphatic rings. The van der Waals surface area contributed by atoms with Gasteiger partial charge in [0, 0.05) is 17.7 Å². The van der Waals surface area contributed by atoms with Crippen molar-refractivity contribution in [2.45, 2.75) is 12.5 Å². The van der Waals surface area contributed by atoms with Crippen LogP contribution in [0.3, 0.4) is 0 Å². The Morgan fingerprint density at radius 2 is 1.96 bits per heavy atom. The number of rotatable bonds is 1. The van der Waals surface area contributed by atoms with Crippen LogP contribution in [0.15, 0.2) is 30.3 Å². The van der Waals surface area contributed by atoms with Crippen LogP contribution >= 0.6 is 0 Å². The molecule has 0 amide bonds. The van der Waals surface area contributed by atoms with Crippen LogP contribution in [0.5, 0.6) is 17.2 Å². The molecule has 1 unspecified atom stereocenters. The summed E-state index contributed by atoms with van der Waals surface area (Å²) in [6, 6.07) is 11.4. The van der Waals surface area contributed by atoms with Gasteiger partial charge in [-0.1, -0.05) is 11.8 Å². The van der Waals surface area contributed by atoms with Gasteiger partial charge in [0.2, 0.25) is 12.5 Å². The van der Waals surface area contributed by atoms with E-state index in [4.69, 9.17) is 19.5 Å². The molecule has 0 aromatic heterocycles. The van der Waals surface area contributed by atoms with Crippen LogP contribution in [0.4, 0.5) is 0 Å². The van der Waals surface area contributed by atoms with Crippen molar-refractivity contribution in [3.63, 3.8) is 0 Å². The molecular weight excluding hydrogens is 328 g/mol. The predicted octanol–water partition coefficient (Wildman–Crippen LogP) is 2.88. The van der Waals surface area contributed by atoms with Gasteiger partial charge in [0.1, 0.15) is 6.04 Å². The highest BCUT2D eigenvalue weighted by Gasteiger charge is 2.33. The van der Waals surface area contributed by atoms with Gasteiger partial charge in [0.25, 0.3) is 0 Å². The van der Waals surface area contributed by atoms with E-state index in [-0.39, 0.29) is 12.8 Å². The normalized spacial score (nSPS) is 17.7. The monoisotopic (exact) mass is 346 g/mol. The Kier molecular flexibility index (Phi) is 4.16. The lowest BCUT2D eigenvalue weighted by atomic mass is 9.91. The standard InChI is InChI=1S/C21H18N2O3/c1-23-10-9-16-11-18-20(26-13-25-18)21(24-2)19(16)17(23)8-7-14-3-5-15(12-22)6-4-14/h3-6,11,17H,9-10,13H2,1-2H3. The highest BCUT2D eigenvalue weighted by Crippen LogP contribution is 2.49. The molecule has 2 aliphatic heterocycles. The molecule has 2 aromatic carbocycles. The molecule has 5 heteroatoms. The Labute approximate surface area is 152 Å². The summed E-state index contributed by atoms with van der Waals surface area (Å²) in [5.74, 6) is 8.70. The minimum absolute atomic E-state index is 0.0983. The summed E-state index contributed by atoms with van der Waals surface area (Å²) in [7, 11) is 3.71. The first-order valence-electron chi connectivity index (χ1n) is 8.42. The van der Waals surface area contributed by atoms with E-state index in [1.807, 2.05) is 18.2 Å². The van der Waals surface area contributed by atoms with E-state index in [1.165, 1.54) is 5.56 Å². The molecule has 0 bridgehead atoms. The lowest BCUT2D eigenvalue weighted by Gasteiger charge is -2.32. The van der Waals surface area contributed by atoms with Crippen LogP contribution in [0.2, 0.25) is 0 Å². The van der Waals surface area contributed by atoms with Gasteiger partial charge >= 0.3 is 0 Å². The molecule has 2 heterocycles. The average Bonchev–Trinajstić information content (AvgIpc) is 3.14. The molecule has 26 heavy (non-hydrogen) atoms. The van der Waals surface area contributed by atoms with Crippen molar-refractivity contribution < 1.29 is 14.2 Å². The molecule has 0 radical (unpaired) electrons. The Morgan fingerprint density at radius 3 is 2.69 bits per heavy atom. The summed E-state index contributed by atoms with van der Waals surface area (Å²) >= 11 is 0. The Bertz CT molecular complexity index is 948. The Morgan fingerprint density at radius 1 is 1.19 bits per heavy atom. The highest BCUT2D eigenvalue weighted by atomic mass is 16.7. The molecule has 0 saturated carbocycles. The summed E-state index contributed by atoms with van der Waals surface area (Å²) in [4.78, 5) is 2.21. The number of likely N-dealkylation sites (N-methyl/N-ethyl adjacent to an activating group) is 1. The molecular formula is C21H18N2O3. The van der Waals surface area contributed by atoms with Crippen molar-refractivity contribution >= 4 is 0 Å². The van der Waals surface area contributed by atoms with E-state index >= 15 is 0 Å². The van der Waals surface area contributed by atoms with Crippen LogP contribution in [-0.2, 0) is 6.42 Å². The molecule has 130 valence electrons. The number of methoxy groups -OCH3 is 1. The molecule has 4 rings (SSSR count). The first kappa shape index (κ1) is 16.3. The maximum absolute atomic E-state index is 8.91. The topological polar surface area (TPSA) is 54.7 Å². The van der Waals surface area contributed by atoms with Crippen molar-refractivity contribution in [3.8, 4) is 35.2 Å². The third kappa shape index (κ3) is 2.73. The van der Waals surface area contributed by atoms with Crippen molar-refractivity contribution in [1.29, 1.82) is 5.26 Å². The van der Waals surface area contributed by atoms with Gasteiger partial charge in [-0.05, 0) is 49.4 Å². The van der Waals surface area contributed by atoms with Crippen molar-refractivity contribution in [3.05, 3.63) is 52.6 Å². The SMILES string of the molecule is COc1c2c(cc3c1C(C#Cc1ccc(C#N)cc1)N(C)CC3)OCO2. The van der Waals surface area contributed by atoms with E-state index in [0.717, 1.165) is 29.8 Å². The molecule has 0 spiro atoms. The molecule has 2 aromatic rings. The van der Waals surface area contributed by atoms with Gasteiger partial charge in [0.05, 0.1) is 18.7 Å². The first-order chi connectivity index (χ1) is 12.7. The van der Waals surface area contributed by atoms with Crippen molar-refractivity contribution in [2.24, 2.45) is 0 Å². The maximum Gasteiger partial charge on any atom is 0.231 e. The van der Waals surface area contributed by atoms with Gasteiger partial charge in [-0.15, -0.1) is 0 Å². The van der Waals surface area contributed by atoms with Gasteiger partial charge in [-0.2, -0.15) is 5.26 Å². The lowest BCUT2D eigenvalue weighted by Crippen LogP contribution is -2.31. The number of fused-ring (bicyclic) bond motifs is 2. The average molecular weight is 346 g/mol. The van der Waals surface area contributed by atoms with Gasteiger partial charge in [0.15, 0.2) is 11.5 Å². The van der Waals surface area contributed by atoms with Gasteiger partial charge in [-0.25, -0.2) is 0 Å². The summed E-state index contributed by atoms with van der Waals surface area (Å²) in [6.45, 7) is 1.12. The minimum atomic E-state index is -0.0983. The van der Waals surface area contributed by atoms with Crippen LogP contribution < -0.4 is 14.2 Å². The number of nitriles is 1. The smallest absolute Gasteiger partial charge is 0.231 e. The van der Waals surface area contributed by atoms with Crippen LogP contribution in [0, 0.1) is 23.2 Å². The van der Waals surface area contributed by atoms with Crippen LogP contribution in [-0.4, -0.2) is 32.4 Å². The summed E-state index contributed by atoms with van der Waals surface area (Å²) in [6.07, 6.45) is 0.911. The largest absolute Gasteiger partial charge is 0.492 e. The lowest BCUT2D eigenvalue weighted by molar-refractivity contribution is 0.171. The fourth-order valence-corrected chi connectivity index (χ4v) is 3.40. The Hall–Kier alpha value is -3.15. The van der Waals surface area contributed by atoms with E-state index in [2.05, 4.69) is 29.9 Å². The number of hydrogen-bond acceptors (Lipinski definition) is 5. The minimum Gasteiger partial charge on any atom is -0.492 e. The number of nitrogens with zero attached hydrogens (tertiary/aromatic N) is 2. The molecule has 5 nitrogen and oxygen atoms in total. The van der Waals surface area contributed by atoms with E-state index in [9.17, 15) is 0 Å². The second-order valence-electron chi connectivity index (χ2n) is 6.31. The highest BCUT2D eigenvalue weighted by molar-refractivity contribution is 5.63. The molecule has 0 N–H and O–H groups in total. The molecule has 1 atom stereocenters. The Balaban J connectivity index is 1.77. The number of benzene rings is 2. The van der Waals surface area contributed by atoms with Crippen molar-refractivity contribution in [2.75, 3.05) is 27.5 Å². The third-order valence-electron chi connectivity index (χ3n) is 4.76. The first-order valence-corrected chi connectivity index (χ1v) is 8.42. The quantitative estimate of drug-likeness (QED) is 0.743. The molecule has 0 saturated heterocycles. The zero-order valence-corrected chi connectivity index (χ0v) is 14.7. The van der Waals surface area contributed by atoms with E-state index in [1.54, 1.807) is 19.2 Å². The summed E-state index contributed by atoms with van der Waals surface area (Å²) in [5, 5.41) is 8.91. The van der Waals surface area contributed by atoms with Crippen molar-refractivity contribution in [1.82, 2.24) is 4.90 Å². The summed E-state index contributed by atoms with van der Waals surface area (Å²) < 4.78 is 16.8. The maximum atomic E-state index is 8.91. The van der Waals surface area contributed by atoms with E-state index < -0.39 is 0 Å². The van der Waals surface area contributed by atoms with Gasteiger partial charge < -0.3 is 14.2 Å². The predicted molar refractivity (Wildman–Crippen MR) is 96.2 cm³/mol. The molecule has 0 fully saturated rings. The fourth-order valence-electron chi connectivity index (χ4n) is 3.40. The number of ether oxygens (including phenoxy) is 3.